The summed E-state index contributed by atoms with van der Waals surface area (Å²) in [6, 6.07) is 6.57. The van der Waals surface area contributed by atoms with Crippen LogP contribution in [0.25, 0.3) is 16.9 Å². The highest BCUT2D eigenvalue weighted by Crippen LogP contribution is 2.56. The molecule has 6 nitrogen and oxygen atoms in total. The van der Waals surface area contributed by atoms with Gasteiger partial charge in [0.25, 0.3) is 12.0 Å². The van der Waals surface area contributed by atoms with Crippen LogP contribution in [0.1, 0.15) is 52.6 Å². The number of alkyl halides is 2. The monoisotopic (exact) mass is 591 g/mol. The van der Waals surface area contributed by atoms with E-state index in [2.05, 4.69) is 9.97 Å². The molecule has 208 valence electrons. The summed E-state index contributed by atoms with van der Waals surface area (Å²) in [7, 11) is -3.94. The zero-order chi connectivity index (χ0) is 29.1. The maximum atomic E-state index is 16.0. The number of nitrogens with zero attached hydrogens (tertiary/aromatic N) is 3. The summed E-state index contributed by atoms with van der Waals surface area (Å²) in [5.41, 5.74) is -0.254. The van der Waals surface area contributed by atoms with E-state index in [1.54, 1.807) is 13.0 Å². The second kappa shape index (κ2) is 10.1. The van der Waals surface area contributed by atoms with Crippen molar-refractivity contribution < 1.29 is 26.0 Å². The highest BCUT2D eigenvalue weighted by atomic mass is 35.5. The molecular formula is C28H22ClF4N3O3S. The van der Waals surface area contributed by atoms with Crippen molar-refractivity contribution in [3.8, 4) is 16.9 Å². The molecule has 3 aromatic heterocycles. The molecule has 0 N–H and O–H groups in total. The van der Waals surface area contributed by atoms with Gasteiger partial charge in [-0.2, -0.15) is 0 Å². The molecule has 0 bridgehead atoms. The van der Waals surface area contributed by atoms with Crippen molar-refractivity contribution in [1.29, 1.82) is 0 Å². The molecule has 3 heterocycles. The number of aryl methyl sites for hydroxylation is 2. The Labute approximate surface area is 232 Å². The minimum Gasteiger partial charge on any atom is -0.277 e. The van der Waals surface area contributed by atoms with Gasteiger partial charge in [0.05, 0.1) is 5.69 Å². The Bertz CT molecular complexity index is 1840. The van der Waals surface area contributed by atoms with Crippen molar-refractivity contribution in [2.45, 2.75) is 43.4 Å². The first-order valence-corrected chi connectivity index (χ1v) is 14.4. The first kappa shape index (κ1) is 28.0. The van der Waals surface area contributed by atoms with Gasteiger partial charge in [-0.3, -0.25) is 19.3 Å². The zero-order valence-corrected chi connectivity index (χ0v) is 23.0. The summed E-state index contributed by atoms with van der Waals surface area (Å²) >= 11 is 6.51. The molecule has 0 saturated heterocycles. The smallest absolute Gasteiger partial charge is 0.274 e. The first-order chi connectivity index (χ1) is 18.8. The van der Waals surface area contributed by atoms with Crippen LogP contribution < -0.4 is 5.56 Å². The molecule has 12 heteroatoms. The molecule has 40 heavy (non-hydrogen) atoms. The van der Waals surface area contributed by atoms with Crippen molar-refractivity contribution >= 4 is 21.4 Å². The fourth-order valence-corrected chi connectivity index (χ4v) is 6.04. The Morgan fingerprint density at radius 1 is 1.05 bits per heavy atom. The third-order valence-corrected chi connectivity index (χ3v) is 8.52. The topological polar surface area (TPSA) is 81.9 Å². The van der Waals surface area contributed by atoms with Gasteiger partial charge in [0, 0.05) is 41.7 Å². The van der Waals surface area contributed by atoms with Crippen molar-refractivity contribution in [3.63, 3.8) is 0 Å². The van der Waals surface area contributed by atoms with Gasteiger partial charge in [-0.1, -0.05) is 17.7 Å². The maximum Gasteiger partial charge on any atom is 0.274 e. The van der Waals surface area contributed by atoms with Crippen LogP contribution in [0.4, 0.5) is 17.6 Å². The summed E-state index contributed by atoms with van der Waals surface area (Å²) in [6.07, 6.45) is 2.61. The third-order valence-electron chi connectivity index (χ3n) is 7.03. The van der Waals surface area contributed by atoms with E-state index < -0.39 is 44.0 Å². The Morgan fingerprint density at radius 3 is 2.45 bits per heavy atom. The van der Waals surface area contributed by atoms with Crippen LogP contribution in [0.2, 0.25) is 5.02 Å². The van der Waals surface area contributed by atoms with Crippen LogP contribution in [0.3, 0.4) is 0 Å². The fourth-order valence-electron chi connectivity index (χ4n) is 4.99. The van der Waals surface area contributed by atoms with Crippen LogP contribution >= 0.6 is 11.6 Å². The lowest BCUT2D eigenvalue weighted by molar-refractivity contribution is 0.151. The molecule has 0 amide bonds. The number of benzene rings is 1. The van der Waals surface area contributed by atoms with Gasteiger partial charge in [-0.15, -0.1) is 0 Å². The van der Waals surface area contributed by atoms with Gasteiger partial charge in [-0.25, -0.2) is 26.0 Å². The van der Waals surface area contributed by atoms with Crippen molar-refractivity contribution in [2.75, 3.05) is 6.26 Å². The molecule has 2 atom stereocenters. The van der Waals surface area contributed by atoms with Gasteiger partial charge in [-0.05, 0) is 73.1 Å². The maximum absolute atomic E-state index is 16.0. The van der Waals surface area contributed by atoms with Crippen LogP contribution in [0.15, 0.2) is 58.6 Å². The number of aromatic nitrogens is 3. The second-order valence-corrected chi connectivity index (χ2v) is 12.2. The number of rotatable bonds is 6. The zero-order valence-electron chi connectivity index (χ0n) is 21.4. The molecule has 1 aromatic carbocycles. The molecule has 4 aromatic rings. The summed E-state index contributed by atoms with van der Waals surface area (Å²) in [4.78, 5) is 20.8. The highest BCUT2D eigenvalue weighted by Gasteiger charge is 2.42. The van der Waals surface area contributed by atoms with Gasteiger partial charge in [0.1, 0.15) is 15.6 Å². The quantitative estimate of drug-likeness (QED) is 0.241. The van der Waals surface area contributed by atoms with Crippen molar-refractivity contribution in [2.24, 2.45) is 0 Å². The van der Waals surface area contributed by atoms with Gasteiger partial charge < -0.3 is 0 Å². The molecule has 1 fully saturated rings. The lowest BCUT2D eigenvalue weighted by Crippen LogP contribution is -2.24. The van der Waals surface area contributed by atoms with E-state index in [9.17, 15) is 22.0 Å². The highest BCUT2D eigenvalue weighted by molar-refractivity contribution is 7.90. The van der Waals surface area contributed by atoms with Crippen LogP contribution in [0, 0.1) is 25.5 Å². The van der Waals surface area contributed by atoms with Gasteiger partial charge in [0.15, 0.2) is 21.5 Å². The molecule has 0 spiro atoms. The summed E-state index contributed by atoms with van der Waals surface area (Å²) in [6.45, 7) is 3.10. The minimum absolute atomic E-state index is 0.154. The molecule has 1 aliphatic rings. The third kappa shape index (κ3) is 4.81. The average molecular weight is 592 g/mol. The van der Waals surface area contributed by atoms with Crippen LogP contribution in [-0.4, -0.2) is 29.2 Å². The largest absolute Gasteiger partial charge is 0.277 e. The number of sulfone groups is 1. The van der Waals surface area contributed by atoms with E-state index in [4.69, 9.17) is 11.6 Å². The van der Waals surface area contributed by atoms with E-state index in [0.717, 1.165) is 23.1 Å². The van der Waals surface area contributed by atoms with Gasteiger partial charge >= 0.3 is 0 Å². The predicted molar refractivity (Wildman–Crippen MR) is 142 cm³/mol. The molecule has 0 unspecified atom stereocenters. The van der Waals surface area contributed by atoms with Crippen molar-refractivity contribution in [1.82, 2.24) is 14.5 Å². The number of halogens is 5. The van der Waals surface area contributed by atoms with Crippen molar-refractivity contribution in [3.05, 3.63) is 104 Å². The average Bonchev–Trinajstić information content (AvgIpc) is 3.69. The molecule has 1 saturated carbocycles. The normalized spacial score (nSPS) is 16.9. The van der Waals surface area contributed by atoms with E-state index in [1.165, 1.54) is 37.5 Å². The van der Waals surface area contributed by atoms with Crippen LogP contribution in [0.5, 0.6) is 0 Å². The Kier molecular flexibility index (Phi) is 7.08. The Morgan fingerprint density at radius 2 is 1.77 bits per heavy atom. The van der Waals surface area contributed by atoms with Gasteiger partial charge in [0.2, 0.25) is 0 Å². The molecule has 0 aliphatic heterocycles. The number of hydrogen-bond acceptors (Lipinski definition) is 5. The number of pyridine rings is 3. The predicted octanol–water partition coefficient (Wildman–Crippen LogP) is 6.46. The summed E-state index contributed by atoms with van der Waals surface area (Å²) in [5.74, 6) is -2.56. The van der Waals surface area contributed by atoms with E-state index >= 15 is 8.78 Å². The lowest BCUT2D eigenvalue weighted by Gasteiger charge is -2.18. The first-order valence-electron chi connectivity index (χ1n) is 12.1. The van der Waals surface area contributed by atoms with Crippen LogP contribution in [-0.2, 0) is 9.84 Å². The molecule has 1 aliphatic carbocycles. The molecule has 0 radical (unpaired) electrons. The Balaban J connectivity index is 1.59. The van der Waals surface area contributed by atoms with E-state index in [1.807, 2.05) is 0 Å². The second-order valence-electron chi connectivity index (χ2n) is 9.84. The summed E-state index contributed by atoms with van der Waals surface area (Å²) in [5, 5.41) is -0.154. The standard InChI is InChI=1S/C28H22ClF4N3O3S/c1-13-10-35-25(17-5-4-6-21(23(17)30)40(3,38)39)24(31)26(13)36-14(2)7-20(22(29)28(36)37)19-9-18(19)15-8-16(27(32)33)12-34-11-15/h4-8,10-12,18-19,27H,9H2,1-3H3/t18-,19+/m1/s1. The summed E-state index contributed by atoms with van der Waals surface area (Å²) < 4.78 is 82.5. The van der Waals surface area contributed by atoms with E-state index in [-0.39, 0.29) is 39.2 Å². The number of hydrogen-bond donors (Lipinski definition) is 0. The molecule has 5 rings (SSSR count). The minimum atomic E-state index is -3.94. The molecular weight excluding hydrogens is 570 g/mol. The SMILES string of the molecule is Cc1cnc(-c2cccc(S(C)(=O)=O)c2F)c(F)c1-n1c(C)cc([C@H]2C[C@@H]2c2cncc(C(F)F)c2)c(Cl)c1=O. The van der Waals surface area contributed by atoms with E-state index in [0.29, 0.717) is 23.2 Å². The Hall–Kier alpha value is -3.57. The lowest BCUT2D eigenvalue weighted by atomic mass is 10.0. The fraction of sp³-hybridized carbons (Fsp3) is 0.250.